The average Bonchev–Trinajstić information content (AvgIpc) is 2.60. The van der Waals surface area contributed by atoms with Crippen molar-refractivity contribution >= 4 is 0 Å². The van der Waals surface area contributed by atoms with Crippen molar-refractivity contribution < 1.29 is 13.5 Å². The first kappa shape index (κ1) is 11.6. The highest BCUT2D eigenvalue weighted by Gasteiger charge is 2.05. The molecule has 5 heteroatoms. The molecule has 0 aliphatic heterocycles. The predicted molar refractivity (Wildman–Crippen MR) is 58.6 cm³/mol. The lowest BCUT2D eigenvalue weighted by molar-refractivity contribution is 0.297. The zero-order valence-corrected chi connectivity index (χ0v) is 9.58. The smallest absolute Gasteiger partial charge is 0.162 e. The van der Waals surface area contributed by atoms with E-state index < -0.39 is 11.6 Å². The molecule has 0 saturated heterocycles. The number of aryl methyl sites for hydroxylation is 2. The predicted octanol–water partition coefficient (Wildman–Crippen LogP) is 2.59. The number of ether oxygens (including phenoxy) is 1. The van der Waals surface area contributed by atoms with Crippen molar-refractivity contribution in [2.45, 2.75) is 13.5 Å². The van der Waals surface area contributed by atoms with Crippen LogP contribution in [0.4, 0.5) is 8.78 Å². The van der Waals surface area contributed by atoms with Crippen molar-refractivity contribution in [3.8, 4) is 5.75 Å². The van der Waals surface area contributed by atoms with Gasteiger partial charge in [0.15, 0.2) is 11.6 Å². The minimum absolute atomic E-state index is 0.229. The van der Waals surface area contributed by atoms with Crippen LogP contribution in [0.25, 0.3) is 0 Å². The molecule has 90 valence electrons. The van der Waals surface area contributed by atoms with Crippen LogP contribution in [0, 0.1) is 18.6 Å². The quantitative estimate of drug-likeness (QED) is 0.821. The van der Waals surface area contributed by atoms with Crippen molar-refractivity contribution in [3.05, 3.63) is 47.3 Å². The lowest BCUT2D eigenvalue weighted by Gasteiger charge is -2.04. The van der Waals surface area contributed by atoms with Gasteiger partial charge in [0.05, 0.1) is 0 Å². The maximum absolute atomic E-state index is 12.9. The highest BCUT2D eigenvalue weighted by Crippen LogP contribution is 2.16. The van der Waals surface area contributed by atoms with E-state index in [0.29, 0.717) is 0 Å². The lowest BCUT2D eigenvalue weighted by Crippen LogP contribution is -1.99. The van der Waals surface area contributed by atoms with E-state index in [4.69, 9.17) is 4.74 Å². The minimum atomic E-state index is -0.917. The molecular weight excluding hydrogens is 226 g/mol. The fraction of sp³-hybridized carbons (Fsp3) is 0.250. The largest absolute Gasteiger partial charge is 0.487 e. The summed E-state index contributed by atoms with van der Waals surface area (Å²) >= 11 is 0. The van der Waals surface area contributed by atoms with Crippen LogP contribution in [0.3, 0.4) is 0 Å². The van der Waals surface area contributed by atoms with Gasteiger partial charge in [0.2, 0.25) is 0 Å². The molecule has 3 nitrogen and oxygen atoms in total. The molecular formula is C12H12F2N2O. The Morgan fingerprint density at radius 2 is 2.00 bits per heavy atom. The monoisotopic (exact) mass is 238 g/mol. The molecule has 2 rings (SSSR count). The maximum atomic E-state index is 12.9. The Hall–Kier alpha value is -1.91. The Kier molecular flexibility index (Phi) is 3.08. The lowest BCUT2D eigenvalue weighted by atomic mass is 10.3. The Morgan fingerprint density at radius 1 is 1.24 bits per heavy atom. The molecule has 0 aliphatic rings. The Balaban J connectivity index is 2.04. The van der Waals surface area contributed by atoms with Gasteiger partial charge in [-0.1, -0.05) is 0 Å². The molecule has 0 bridgehead atoms. The standard InChI is InChI=1S/C12H12F2N2O/c1-8-5-9(15-16(8)2)7-17-10-3-4-11(13)12(14)6-10/h3-6H,7H2,1-2H3. The minimum Gasteiger partial charge on any atom is -0.487 e. The maximum Gasteiger partial charge on any atom is 0.162 e. The molecule has 2 aromatic rings. The number of rotatable bonds is 3. The van der Waals surface area contributed by atoms with Gasteiger partial charge in [-0.25, -0.2) is 8.78 Å². The number of halogens is 2. The van der Waals surface area contributed by atoms with E-state index in [0.717, 1.165) is 23.5 Å². The van der Waals surface area contributed by atoms with Crippen molar-refractivity contribution in [1.82, 2.24) is 9.78 Å². The van der Waals surface area contributed by atoms with Crippen LogP contribution in [0.2, 0.25) is 0 Å². The topological polar surface area (TPSA) is 27.1 Å². The molecule has 1 aromatic heterocycles. The Morgan fingerprint density at radius 3 is 2.59 bits per heavy atom. The van der Waals surface area contributed by atoms with Crippen LogP contribution in [0.1, 0.15) is 11.4 Å². The Bertz CT molecular complexity index is 518. The number of benzene rings is 1. The van der Waals surface area contributed by atoms with Crippen LogP contribution < -0.4 is 4.74 Å². The fourth-order valence-electron chi connectivity index (χ4n) is 1.43. The summed E-state index contributed by atoms with van der Waals surface area (Å²) in [4.78, 5) is 0. The molecule has 1 aromatic carbocycles. The molecule has 0 aliphatic carbocycles. The van der Waals surface area contributed by atoms with Crippen molar-refractivity contribution in [1.29, 1.82) is 0 Å². The highest BCUT2D eigenvalue weighted by atomic mass is 19.2. The van der Waals surface area contributed by atoms with Crippen molar-refractivity contribution in [2.24, 2.45) is 7.05 Å². The zero-order valence-electron chi connectivity index (χ0n) is 9.58. The second-order valence-corrected chi connectivity index (χ2v) is 3.77. The molecule has 0 atom stereocenters. The summed E-state index contributed by atoms with van der Waals surface area (Å²) in [5.74, 6) is -1.52. The Labute approximate surface area is 97.6 Å². The summed E-state index contributed by atoms with van der Waals surface area (Å²) in [6.07, 6.45) is 0. The molecule has 0 unspecified atom stereocenters. The van der Waals surface area contributed by atoms with Gasteiger partial charge >= 0.3 is 0 Å². The molecule has 0 radical (unpaired) electrons. The number of hydrogen-bond acceptors (Lipinski definition) is 2. The summed E-state index contributed by atoms with van der Waals surface area (Å²) < 4.78 is 32.6. The van der Waals surface area contributed by atoms with Gasteiger partial charge in [-0.2, -0.15) is 5.10 Å². The molecule has 0 saturated carbocycles. The fourth-order valence-corrected chi connectivity index (χ4v) is 1.43. The van der Waals surface area contributed by atoms with E-state index in [1.54, 1.807) is 4.68 Å². The second-order valence-electron chi connectivity index (χ2n) is 3.77. The van der Waals surface area contributed by atoms with E-state index in [2.05, 4.69) is 5.10 Å². The van der Waals surface area contributed by atoms with Gasteiger partial charge in [0.25, 0.3) is 0 Å². The SMILES string of the molecule is Cc1cc(COc2ccc(F)c(F)c2)nn1C. The third-order valence-corrected chi connectivity index (χ3v) is 2.44. The molecule has 1 heterocycles. The van der Waals surface area contributed by atoms with Crippen molar-refractivity contribution in [2.75, 3.05) is 0 Å². The number of nitrogens with zero attached hydrogens (tertiary/aromatic N) is 2. The zero-order chi connectivity index (χ0) is 12.4. The molecule has 0 amide bonds. The summed E-state index contributed by atoms with van der Waals surface area (Å²) in [6, 6.07) is 5.31. The summed E-state index contributed by atoms with van der Waals surface area (Å²) in [5.41, 5.74) is 1.75. The third-order valence-electron chi connectivity index (χ3n) is 2.44. The van der Waals surface area contributed by atoms with Gasteiger partial charge < -0.3 is 4.74 Å². The van der Waals surface area contributed by atoms with E-state index >= 15 is 0 Å². The van der Waals surface area contributed by atoms with Crippen molar-refractivity contribution in [3.63, 3.8) is 0 Å². The van der Waals surface area contributed by atoms with E-state index in [9.17, 15) is 8.78 Å². The first-order valence-corrected chi connectivity index (χ1v) is 5.13. The van der Waals surface area contributed by atoms with E-state index in [-0.39, 0.29) is 12.4 Å². The third kappa shape index (κ3) is 2.61. The number of aromatic nitrogens is 2. The highest BCUT2D eigenvalue weighted by molar-refractivity contribution is 5.24. The van der Waals surface area contributed by atoms with E-state index in [1.807, 2.05) is 20.0 Å². The van der Waals surface area contributed by atoms with Gasteiger partial charge in [-0.05, 0) is 25.1 Å². The normalized spacial score (nSPS) is 10.6. The van der Waals surface area contributed by atoms with Crippen LogP contribution in [0.5, 0.6) is 5.75 Å². The van der Waals surface area contributed by atoms with Crippen LogP contribution >= 0.6 is 0 Å². The van der Waals surface area contributed by atoms with Crippen LogP contribution in [-0.2, 0) is 13.7 Å². The average molecular weight is 238 g/mol. The summed E-state index contributed by atoms with van der Waals surface area (Å²) in [7, 11) is 1.83. The van der Waals surface area contributed by atoms with Crippen LogP contribution in [0.15, 0.2) is 24.3 Å². The van der Waals surface area contributed by atoms with Gasteiger partial charge in [-0.15, -0.1) is 0 Å². The molecule has 0 N–H and O–H groups in total. The van der Waals surface area contributed by atoms with Gasteiger partial charge in [0.1, 0.15) is 18.1 Å². The number of hydrogen-bond donors (Lipinski definition) is 0. The molecule has 17 heavy (non-hydrogen) atoms. The first-order valence-electron chi connectivity index (χ1n) is 5.13. The summed E-state index contributed by atoms with van der Waals surface area (Å²) in [6.45, 7) is 2.15. The van der Waals surface area contributed by atoms with Gasteiger partial charge in [0, 0.05) is 18.8 Å². The van der Waals surface area contributed by atoms with E-state index in [1.165, 1.54) is 6.07 Å². The molecule has 0 spiro atoms. The first-order chi connectivity index (χ1) is 8.06. The molecule has 0 fully saturated rings. The van der Waals surface area contributed by atoms with Gasteiger partial charge in [-0.3, -0.25) is 4.68 Å². The second kappa shape index (κ2) is 4.53. The van der Waals surface area contributed by atoms with Crippen LogP contribution in [-0.4, -0.2) is 9.78 Å². The summed E-state index contributed by atoms with van der Waals surface area (Å²) in [5, 5.41) is 4.19.